The molecule has 1 aromatic carbocycles. The first kappa shape index (κ1) is 13.9. The lowest BCUT2D eigenvalue weighted by atomic mass is 9.92. The number of nitrogens with two attached hydrogens (primary N) is 1. The van der Waals surface area contributed by atoms with Gasteiger partial charge in [-0.25, -0.2) is 4.39 Å². The Labute approximate surface area is 115 Å². The lowest BCUT2D eigenvalue weighted by Gasteiger charge is -2.22. The Morgan fingerprint density at radius 2 is 2.05 bits per heavy atom. The summed E-state index contributed by atoms with van der Waals surface area (Å²) in [6, 6.07) is 9.70. The summed E-state index contributed by atoms with van der Waals surface area (Å²) in [5.74, 6) is -0.990. The average molecular weight is 281 g/mol. The molecule has 2 unspecified atom stereocenters. The van der Waals surface area contributed by atoms with Crippen molar-refractivity contribution in [2.24, 2.45) is 5.73 Å². The molecule has 0 aliphatic heterocycles. The molecule has 0 radical (unpaired) electrons. The SMILES string of the molecule is NCC(c1ccccn1)C(O)c1cccc(F)c1Cl. The van der Waals surface area contributed by atoms with E-state index in [0.717, 1.165) is 0 Å². The minimum absolute atomic E-state index is 0.0793. The maximum Gasteiger partial charge on any atom is 0.142 e. The maximum absolute atomic E-state index is 13.4. The van der Waals surface area contributed by atoms with E-state index in [9.17, 15) is 9.50 Å². The number of aliphatic hydroxyl groups is 1. The minimum atomic E-state index is -0.997. The van der Waals surface area contributed by atoms with Crippen LogP contribution in [0.5, 0.6) is 0 Å². The van der Waals surface area contributed by atoms with Crippen LogP contribution in [0.15, 0.2) is 42.6 Å². The van der Waals surface area contributed by atoms with E-state index in [1.807, 2.05) is 6.07 Å². The van der Waals surface area contributed by atoms with Crippen LogP contribution >= 0.6 is 11.6 Å². The molecule has 1 aromatic heterocycles. The molecule has 0 saturated heterocycles. The van der Waals surface area contributed by atoms with Crippen LogP contribution in [0.3, 0.4) is 0 Å². The monoisotopic (exact) mass is 280 g/mol. The van der Waals surface area contributed by atoms with E-state index >= 15 is 0 Å². The van der Waals surface area contributed by atoms with Gasteiger partial charge in [0, 0.05) is 29.9 Å². The lowest BCUT2D eigenvalue weighted by molar-refractivity contribution is 0.145. The molecule has 0 saturated carbocycles. The summed E-state index contributed by atoms with van der Waals surface area (Å²) in [6.07, 6.45) is 0.626. The van der Waals surface area contributed by atoms with E-state index < -0.39 is 17.8 Å². The van der Waals surface area contributed by atoms with Crippen molar-refractivity contribution in [3.05, 3.63) is 64.7 Å². The molecular formula is C14H14ClFN2O. The van der Waals surface area contributed by atoms with Crippen LogP contribution in [0.2, 0.25) is 5.02 Å². The Morgan fingerprint density at radius 1 is 1.26 bits per heavy atom. The van der Waals surface area contributed by atoms with E-state index in [4.69, 9.17) is 17.3 Å². The zero-order valence-corrected chi connectivity index (χ0v) is 10.9. The predicted octanol–water partition coefficient (Wildman–Crippen LogP) is 2.65. The van der Waals surface area contributed by atoms with E-state index in [2.05, 4.69) is 4.98 Å². The lowest BCUT2D eigenvalue weighted by Crippen LogP contribution is -2.21. The summed E-state index contributed by atoms with van der Waals surface area (Å²) >= 11 is 5.88. The van der Waals surface area contributed by atoms with Gasteiger partial charge in [0.15, 0.2) is 0 Å². The van der Waals surface area contributed by atoms with E-state index in [0.29, 0.717) is 11.3 Å². The molecule has 3 nitrogen and oxygen atoms in total. The topological polar surface area (TPSA) is 59.1 Å². The van der Waals surface area contributed by atoms with Gasteiger partial charge in [-0.3, -0.25) is 4.98 Å². The van der Waals surface area contributed by atoms with Crippen LogP contribution in [0.4, 0.5) is 4.39 Å². The predicted molar refractivity (Wildman–Crippen MR) is 72.4 cm³/mol. The summed E-state index contributed by atoms with van der Waals surface area (Å²) in [5.41, 5.74) is 6.67. The number of aliphatic hydroxyl groups excluding tert-OH is 1. The van der Waals surface area contributed by atoms with Crippen LogP contribution in [0.1, 0.15) is 23.3 Å². The Bertz CT molecular complexity index is 550. The summed E-state index contributed by atoms with van der Waals surface area (Å²) in [7, 11) is 0. The summed E-state index contributed by atoms with van der Waals surface area (Å²) in [5, 5.41) is 10.3. The number of aromatic nitrogens is 1. The molecule has 0 fully saturated rings. The highest BCUT2D eigenvalue weighted by Crippen LogP contribution is 2.34. The fourth-order valence-electron chi connectivity index (χ4n) is 1.97. The van der Waals surface area contributed by atoms with Gasteiger partial charge in [0.2, 0.25) is 0 Å². The fraction of sp³-hybridized carbons (Fsp3) is 0.214. The minimum Gasteiger partial charge on any atom is -0.388 e. The molecule has 0 aliphatic carbocycles. The van der Waals surface area contributed by atoms with Gasteiger partial charge in [-0.1, -0.05) is 29.8 Å². The highest BCUT2D eigenvalue weighted by Gasteiger charge is 2.25. The zero-order valence-electron chi connectivity index (χ0n) is 10.1. The molecule has 0 bridgehead atoms. The molecule has 100 valence electrons. The molecule has 3 N–H and O–H groups in total. The largest absolute Gasteiger partial charge is 0.388 e. The molecule has 2 rings (SSSR count). The summed E-state index contributed by atoms with van der Waals surface area (Å²) in [6.45, 7) is 0.186. The first-order valence-electron chi connectivity index (χ1n) is 5.88. The van der Waals surface area contributed by atoms with Crippen LogP contribution in [0, 0.1) is 5.82 Å². The highest BCUT2D eigenvalue weighted by atomic mass is 35.5. The molecule has 19 heavy (non-hydrogen) atoms. The molecule has 5 heteroatoms. The van der Waals surface area contributed by atoms with Crippen molar-refractivity contribution in [2.75, 3.05) is 6.54 Å². The van der Waals surface area contributed by atoms with Crippen molar-refractivity contribution < 1.29 is 9.50 Å². The third-order valence-corrected chi connectivity index (χ3v) is 3.40. The van der Waals surface area contributed by atoms with Gasteiger partial charge in [-0.05, 0) is 18.2 Å². The maximum atomic E-state index is 13.4. The second-order valence-corrected chi connectivity index (χ2v) is 4.56. The van der Waals surface area contributed by atoms with Crippen molar-refractivity contribution >= 4 is 11.6 Å². The fourth-order valence-corrected chi connectivity index (χ4v) is 2.21. The molecule has 2 atom stereocenters. The zero-order chi connectivity index (χ0) is 13.8. The highest BCUT2D eigenvalue weighted by molar-refractivity contribution is 6.31. The Balaban J connectivity index is 2.36. The van der Waals surface area contributed by atoms with Crippen molar-refractivity contribution in [3.8, 4) is 0 Å². The first-order chi connectivity index (χ1) is 9.15. The molecule has 2 aromatic rings. The van der Waals surface area contributed by atoms with Gasteiger partial charge < -0.3 is 10.8 Å². The van der Waals surface area contributed by atoms with E-state index in [1.54, 1.807) is 24.4 Å². The average Bonchev–Trinajstić information content (AvgIpc) is 2.44. The molecule has 0 amide bonds. The third-order valence-electron chi connectivity index (χ3n) is 3.00. The van der Waals surface area contributed by atoms with Crippen molar-refractivity contribution in [3.63, 3.8) is 0 Å². The Kier molecular flexibility index (Phi) is 4.47. The standard InChI is InChI=1S/C14H14ClFN2O/c15-13-9(4-3-5-11(13)16)14(19)10(8-17)12-6-1-2-7-18-12/h1-7,10,14,19H,8,17H2. The van der Waals surface area contributed by atoms with Crippen molar-refractivity contribution in [1.82, 2.24) is 4.98 Å². The molecular weight excluding hydrogens is 267 g/mol. The van der Waals surface area contributed by atoms with Gasteiger partial charge in [-0.15, -0.1) is 0 Å². The number of halogens is 2. The number of rotatable bonds is 4. The molecule has 0 aliphatic rings. The van der Waals surface area contributed by atoms with E-state index in [1.165, 1.54) is 12.1 Å². The Morgan fingerprint density at radius 3 is 2.68 bits per heavy atom. The summed E-state index contributed by atoms with van der Waals surface area (Å²) in [4.78, 5) is 4.17. The first-order valence-corrected chi connectivity index (χ1v) is 6.26. The van der Waals surface area contributed by atoms with Crippen molar-refractivity contribution in [2.45, 2.75) is 12.0 Å². The van der Waals surface area contributed by atoms with Crippen LogP contribution in [0.25, 0.3) is 0 Å². The van der Waals surface area contributed by atoms with Gasteiger partial charge in [-0.2, -0.15) is 0 Å². The third kappa shape index (κ3) is 2.92. The smallest absolute Gasteiger partial charge is 0.142 e. The molecule has 1 heterocycles. The number of hydrogen-bond donors (Lipinski definition) is 2. The Hall–Kier alpha value is -1.49. The molecule has 0 spiro atoms. The quantitative estimate of drug-likeness (QED) is 0.905. The van der Waals surface area contributed by atoms with Gasteiger partial charge >= 0.3 is 0 Å². The van der Waals surface area contributed by atoms with Crippen molar-refractivity contribution in [1.29, 1.82) is 0 Å². The van der Waals surface area contributed by atoms with Crippen LogP contribution in [-0.2, 0) is 0 Å². The van der Waals surface area contributed by atoms with Gasteiger partial charge in [0.25, 0.3) is 0 Å². The number of benzene rings is 1. The number of hydrogen-bond acceptors (Lipinski definition) is 3. The van der Waals surface area contributed by atoms with Gasteiger partial charge in [0.05, 0.1) is 11.1 Å². The number of pyridine rings is 1. The number of nitrogens with zero attached hydrogens (tertiary/aromatic N) is 1. The van der Waals surface area contributed by atoms with Gasteiger partial charge in [0.1, 0.15) is 5.82 Å². The summed E-state index contributed by atoms with van der Waals surface area (Å²) < 4.78 is 13.4. The second-order valence-electron chi connectivity index (χ2n) is 4.18. The second kappa shape index (κ2) is 6.10. The van der Waals surface area contributed by atoms with E-state index in [-0.39, 0.29) is 11.6 Å². The van der Waals surface area contributed by atoms with Crippen LogP contribution in [-0.4, -0.2) is 16.6 Å². The normalized spacial score (nSPS) is 14.1. The van der Waals surface area contributed by atoms with Crippen LogP contribution < -0.4 is 5.73 Å².